The molecule has 2 rings (SSSR count). The summed E-state index contributed by atoms with van der Waals surface area (Å²) in [5, 5.41) is 0. The van der Waals surface area contributed by atoms with Crippen LogP contribution < -0.4 is 0 Å². The Bertz CT molecular complexity index is 519. The number of esters is 1. The summed E-state index contributed by atoms with van der Waals surface area (Å²) >= 11 is 0. The summed E-state index contributed by atoms with van der Waals surface area (Å²) in [7, 11) is 0. The van der Waals surface area contributed by atoms with E-state index in [2.05, 4.69) is 19.1 Å². The lowest BCUT2D eigenvalue weighted by Gasteiger charge is -2.24. The molecule has 2 heteroatoms. The van der Waals surface area contributed by atoms with Crippen molar-refractivity contribution in [3.8, 4) is 0 Å². The molecule has 0 heterocycles. The largest absolute Gasteiger partial charge is 0.457 e. The molecule has 0 aliphatic rings. The molecule has 0 radical (unpaired) electrons. The molecule has 2 nitrogen and oxygen atoms in total. The Morgan fingerprint density at radius 1 is 0.895 bits per heavy atom. The van der Waals surface area contributed by atoms with Gasteiger partial charge in [-0.1, -0.05) is 67.6 Å². The zero-order valence-electron chi connectivity index (χ0n) is 11.2. The average Bonchev–Trinajstić information content (AvgIpc) is 2.46. The van der Waals surface area contributed by atoms with Crippen LogP contribution in [-0.4, -0.2) is 5.97 Å². The first-order chi connectivity index (χ1) is 9.18. The van der Waals surface area contributed by atoms with Crippen LogP contribution in [0.4, 0.5) is 0 Å². The Morgan fingerprint density at radius 3 is 1.84 bits per heavy atom. The van der Waals surface area contributed by atoms with Gasteiger partial charge in [-0.2, -0.15) is 0 Å². The van der Waals surface area contributed by atoms with E-state index in [4.69, 9.17) is 4.74 Å². The third kappa shape index (κ3) is 3.44. The number of rotatable bonds is 4. The Balaban J connectivity index is 2.30. The van der Waals surface area contributed by atoms with Gasteiger partial charge in [0.1, 0.15) is 6.10 Å². The number of benzene rings is 2. The zero-order chi connectivity index (χ0) is 13.7. The molecule has 2 aromatic carbocycles. The molecule has 19 heavy (non-hydrogen) atoms. The van der Waals surface area contributed by atoms with E-state index < -0.39 is 0 Å². The van der Waals surface area contributed by atoms with E-state index in [1.165, 1.54) is 6.92 Å². The first-order valence-corrected chi connectivity index (χ1v) is 6.45. The molecule has 0 unspecified atom stereocenters. The van der Waals surface area contributed by atoms with Gasteiger partial charge in [0.2, 0.25) is 0 Å². The third-order valence-electron chi connectivity index (χ3n) is 3.20. The molecule has 0 saturated carbocycles. The van der Waals surface area contributed by atoms with Gasteiger partial charge in [-0.15, -0.1) is 0 Å². The molecule has 0 N–H and O–H groups in total. The second-order valence-electron chi connectivity index (χ2n) is 4.64. The fourth-order valence-electron chi connectivity index (χ4n) is 2.21. The highest BCUT2D eigenvalue weighted by Gasteiger charge is 2.23. The smallest absolute Gasteiger partial charge is 0.303 e. The van der Waals surface area contributed by atoms with Crippen molar-refractivity contribution in [1.82, 2.24) is 0 Å². The lowest BCUT2D eigenvalue weighted by molar-refractivity contribution is -0.147. The van der Waals surface area contributed by atoms with Crippen molar-refractivity contribution >= 4 is 5.97 Å². The van der Waals surface area contributed by atoms with Crippen molar-refractivity contribution in [2.45, 2.75) is 25.9 Å². The summed E-state index contributed by atoms with van der Waals surface area (Å²) < 4.78 is 5.51. The van der Waals surface area contributed by atoms with Crippen molar-refractivity contribution in [3.63, 3.8) is 0 Å². The zero-order valence-corrected chi connectivity index (χ0v) is 11.2. The van der Waals surface area contributed by atoms with Crippen LogP contribution in [-0.2, 0) is 9.53 Å². The lowest BCUT2D eigenvalue weighted by Crippen LogP contribution is -2.15. The Labute approximate surface area is 114 Å². The highest BCUT2D eigenvalue weighted by molar-refractivity contribution is 5.66. The third-order valence-corrected chi connectivity index (χ3v) is 3.20. The van der Waals surface area contributed by atoms with Gasteiger partial charge >= 0.3 is 5.97 Å². The van der Waals surface area contributed by atoms with Crippen molar-refractivity contribution in [1.29, 1.82) is 0 Å². The van der Waals surface area contributed by atoms with Gasteiger partial charge in [0.15, 0.2) is 0 Å². The summed E-state index contributed by atoms with van der Waals surface area (Å²) in [5.41, 5.74) is 2.19. The van der Waals surface area contributed by atoms with E-state index in [-0.39, 0.29) is 18.0 Å². The van der Waals surface area contributed by atoms with Gasteiger partial charge in [0.25, 0.3) is 0 Å². The second-order valence-corrected chi connectivity index (χ2v) is 4.64. The normalized spacial score (nSPS) is 13.6. The minimum absolute atomic E-state index is 0.118. The first kappa shape index (κ1) is 13.3. The molecule has 0 aliphatic heterocycles. The maximum atomic E-state index is 11.3. The molecule has 98 valence electrons. The van der Waals surface area contributed by atoms with Crippen LogP contribution in [0.25, 0.3) is 0 Å². The van der Waals surface area contributed by atoms with Crippen LogP contribution in [0.1, 0.15) is 37.0 Å². The highest BCUT2D eigenvalue weighted by atomic mass is 16.5. The quantitative estimate of drug-likeness (QED) is 0.768. The Kier molecular flexibility index (Phi) is 4.35. The Morgan fingerprint density at radius 2 is 1.37 bits per heavy atom. The van der Waals surface area contributed by atoms with Gasteiger partial charge in [0.05, 0.1) is 0 Å². The van der Waals surface area contributed by atoms with Gasteiger partial charge in [-0.3, -0.25) is 4.79 Å². The minimum Gasteiger partial charge on any atom is -0.457 e. The molecule has 0 spiro atoms. The predicted molar refractivity (Wildman–Crippen MR) is 75.8 cm³/mol. The van der Waals surface area contributed by atoms with Crippen molar-refractivity contribution in [2.24, 2.45) is 0 Å². The summed E-state index contributed by atoms with van der Waals surface area (Å²) in [6, 6.07) is 20.0. The van der Waals surface area contributed by atoms with Crippen molar-refractivity contribution in [3.05, 3.63) is 71.8 Å². The molecule has 0 aromatic heterocycles. The van der Waals surface area contributed by atoms with E-state index in [9.17, 15) is 4.79 Å². The lowest BCUT2D eigenvalue weighted by atomic mass is 9.90. The monoisotopic (exact) mass is 254 g/mol. The highest BCUT2D eigenvalue weighted by Crippen LogP contribution is 2.33. The molecule has 0 fully saturated rings. The minimum atomic E-state index is -0.253. The summed E-state index contributed by atoms with van der Waals surface area (Å²) in [5.74, 6) is -0.135. The van der Waals surface area contributed by atoms with Crippen molar-refractivity contribution < 1.29 is 9.53 Å². The fraction of sp³-hybridized carbons (Fsp3) is 0.235. The maximum absolute atomic E-state index is 11.3. The SMILES string of the molecule is CC(=O)O[C@H](c1ccccc1)[C@H](C)c1ccccc1. The topological polar surface area (TPSA) is 26.3 Å². The van der Waals surface area contributed by atoms with Crippen LogP contribution in [0.5, 0.6) is 0 Å². The summed E-state index contributed by atoms with van der Waals surface area (Å²) in [6.07, 6.45) is -0.249. The number of ether oxygens (including phenoxy) is 1. The van der Waals surface area contributed by atoms with Gasteiger partial charge in [-0.25, -0.2) is 0 Å². The van der Waals surface area contributed by atoms with Gasteiger partial charge < -0.3 is 4.74 Å². The van der Waals surface area contributed by atoms with E-state index in [0.717, 1.165) is 11.1 Å². The molecule has 2 aromatic rings. The number of hydrogen-bond donors (Lipinski definition) is 0. The average molecular weight is 254 g/mol. The maximum Gasteiger partial charge on any atom is 0.303 e. The first-order valence-electron chi connectivity index (χ1n) is 6.45. The van der Waals surface area contributed by atoms with E-state index >= 15 is 0 Å². The molecular formula is C17H18O2. The fourth-order valence-corrected chi connectivity index (χ4v) is 2.21. The Hall–Kier alpha value is -2.09. The second kappa shape index (κ2) is 6.19. The van der Waals surface area contributed by atoms with Crippen LogP contribution in [0.3, 0.4) is 0 Å². The summed E-state index contributed by atoms with van der Waals surface area (Å²) in [4.78, 5) is 11.3. The van der Waals surface area contributed by atoms with E-state index in [1.807, 2.05) is 48.5 Å². The molecule has 2 atom stereocenters. The molecule has 0 aliphatic carbocycles. The molecule has 0 amide bonds. The molecule has 0 saturated heterocycles. The van der Waals surface area contributed by atoms with E-state index in [0.29, 0.717) is 0 Å². The van der Waals surface area contributed by atoms with Gasteiger partial charge in [-0.05, 0) is 11.1 Å². The van der Waals surface area contributed by atoms with Crippen LogP contribution in [0.2, 0.25) is 0 Å². The van der Waals surface area contributed by atoms with Crippen LogP contribution >= 0.6 is 0 Å². The molecule has 0 bridgehead atoms. The van der Waals surface area contributed by atoms with Crippen molar-refractivity contribution in [2.75, 3.05) is 0 Å². The predicted octanol–water partition coefficient (Wildman–Crippen LogP) is 4.09. The number of hydrogen-bond acceptors (Lipinski definition) is 2. The molecular weight excluding hydrogens is 236 g/mol. The van der Waals surface area contributed by atoms with E-state index in [1.54, 1.807) is 0 Å². The standard InChI is InChI=1S/C17H18O2/c1-13(15-9-5-3-6-10-15)17(19-14(2)18)16-11-7-4-8-12-16/h3-13,17H,1-2H3/t13-,17+/m1/s1. The van der Waals surface area contributed by atoms with Crippen LogP contribution in [0, 0.1) is 0 Å². The van der Waals surface area contributed by atoms with Crippen LogP contribution in [0.15, 0.2) is 60.7 Å². The summed E-state index contributed by atoms with van der Waals surface area (Å²) in [6.45, 7) is 3.53. The number of carbonyl (C=O) groups excluding carboxylic acids is 1. The van der Waals surface area contributed by atoms with Gasteiger partial charge in [0, 0.05) is 12.8 Å². The number of carbonyl (C=O) groups is 1.